The normalized spacial score (nSPS) is 13.4. The van der Waals surface area contributed by atoms with Crippen molar-refractivity contribution < 1.29 is 14.3 Å². The lowest BCUT2D eigenvalue weighted by molar-refractivity contribution is -0.127. The molecule has 6 heteroatoms. The molecule has 0 spiro atoms. The first kappa shape index (κ1) is 21.2. The number of nitrogens with zero attached hydrogens (tertiary/aromatic N) is 1. The SMILES string of the molecule is O=C(NCCOc1cccc2ccccc12)c1ccccc1SCC(=O)N1CCCC1. The first-order chi connectivity index (χ1) is 15.2. The summed E-state index contributed by atoms with van der Waals surface area (Å²) in [5.41, 5.74) is 0.590. The molecule has 1 saturated heterocycles. The quantitative estimate of drug-likeness (QED) is 0.423. The Labute approximate surface area is 186 Å². The van der Waals surface area contributed by atoms with Gasteiger partial charge in [-0.25, -0.2) is 0 Å². The number of benzene rings is 3. The maximum Gasteiger partial charge on any atom is 0.252 e. The molecule has 5 nitrogen and oxygen atoms in total. The minimum absolute atomic E-state index is 0.140. The summed E-state index contributed by atoms with van der Waals surface area (Å²) in [7, 11) is 0. The number of hydrogen-bond donors (Lipinski definition) is 1. The molecule has 0 radical (unpaired) electrons. The van der Waals surface area contributed by atoms with Crippen LogP contribution in [0.3, 0.4) is 0 Å². The third kappa shape index (κ3) is 5.39. The summed E-state index contributed by atoms with van der Waals surface area (Å²) in [5, 5.41) is 5.11. The summed E-state index contributed by atoms with van der Waals surface area (Å²) < 4.78 is 5.90. The second kappa shape index (κ2) is 10.4. The van der Waals surface area contributed by atoms with Crippen molar-refractivity contribution >= 4 is 34.3 Å². The Morgan fingerprint density at radius 3 is 2.55 bits per heavy atom. The van der Waals surface area contributed by atoms with E-state index in [0.29, 0.717) is 24.5 Å². The van der Waals surface area contributed by atoms with E-state index in [2.05, 4.69) is 5.32 Å². The molecule has 1 heterocycles. The van der Waals surface area contributed by atoms with Gasteiger partial charge < -0.3 is 15.0 Å². The van der Waals surface area contributed by atoms with E-state index < -0.39 is 0 Å². The highest BCUT2D eigenvalue weighted by Crippen LogP contribution is 2.25. The summed E-state index contributed by atoms with van der Waals surface area (Å²) in [5.74, 6) is 1.15. The Hall–Kier alpha value is -2.99. The number of ether oxygens (including phenoxy) is 1. The van der Waals surface area contributed by atoms with E-state index in [1.165, 1.54) is 11.8 Å². The van der Waals surface area contributed by atoms with E-state index in [-0.39, 0.29) is 11.8 Å². The van der Waals surface area contributed by atoms with Gasteiger partial charge in [0.15, 0.2) is 0 Å². The molecule has 160 valence electrons. The van der Waals surface area contributed by atoms with Gasteiger partial charge in [0.05, 0.1) is 17.9 Å². The fraction of sp³-hybridized carbons (Fsp3) is 0.280. The Balaban J connectivity index is 1.30. The minimum Gasteiger partial charge on any atom is -0.491 e. The molecule has 4 rings (SSSR count). The first-order valence-corrected chi connectivity index (χ1v) is 11.6. The van der Waals surface area contributed by atoms with Crippen LogP contribution in [0.4, 0.5) is 0 Å². The van der Waals surface area contributed by atoms with Crippen LogP contribution in [0.25, 0.3) is 10.8 Å². The van der Waals surface area contributed by atoms with Crippen molar-refractivity contribution in [3.05, 3.63) is 72.3 Å². The van der Waals surface area contributed by atoms with Gasteiger partial charge >= 0.3 is 0 Å². The van der Waals surface area contributed by atoms with Crippen LogP contribution < -0.4 is 10.1 Å². The second-order valence-corrected chi connectivity index (χ2v) is 8.47. The summed E-state index contributed by atoms with van der Waals surface area (Å²) >= 11 is 1.42. The van der Waals surface area contributed by atoms with Gasteiger partial charge in [0.1, 0.15) is 12.4 Å². The van der Waals surface area contributed by atoms with Crippen molar-refractivity contribution in [2.24, 2.45) is 0 Å². The Morgan fingerprint density at radius 1 is 0.935 bits per heavy atom. The molecule has 2 amide bonds. The molecule has 31 heavy (non-hydrogen) atoms. The molecule has 3 aromatic carbocycles. The number of nitrogens with one attached hydrogen (secondary N) is 1. The van der Waals surface area contributed by atoms with Crippen LogP contribution in [0.1, 0.15) is 23.2 Å². The van der Waals surface area contributed by atoms with Gasteiger partial charge in [0.2, 0.25) is 5.91 Å². The Morgan fingerprint density at radius 2 is 1.68 bits per heavy atom. The molecule has 3 aromatic rings. The lowest BCUT2D eigenvalue weighted by Gasteiger charge is -2.15. The van der Waals surface area contributed by atoms with Crippen LogP contribution in [0, 0.1) is 0 Å². The summed E-state index contributed by atoms with van der Waals surface area (Å²) in [6, 6.07) is 21.4. The van der Waals surface area contributed by atoms with Gasteiger partial charge in [-0.1, -0.05) is 48.5 Å². The van der Waals surface area contributed by atoms with E-state index in [4.69, 9.17) is 4.74 Å². The average Bonchev–Trinajstić information content (AvgIpc) is 3.35. The molecule has 0 saturated carbocycles. The third-order valence-electron chi connectivity index (χ3n) is 5.34. The van der Waals surface area contributed by atoms with Gasteiger partial charge in [-0.15, -0.1) is 11.8 Å². The zero-order chi connectivity index (χ0) is 21.5. The second-order valence-electron chi connectivity index (χ2n) is 7.45. The molecule has 1 fully saturated rings. The molecule has 0 bridgehead atoms. The van der Waals surface area contributed by atoms with Gasteiger partial charge in [-0.3, -0.25) is 9.59 Å². The lowest BCUT2D eigenvalue weighted by Crippen LogP contribution is -2.30. The highest BCUT2D eigenvalue weighted by atomic mass is 32.2. The summed E-state index contributed by atoms with van der Waals surface area (Å²) in [4.78, 5) is 27.8. The number of amides is 2. The van der Waals surface area contributed by atoms with Crippen molar-refractivity contribution in [2.75, 3.05) is 32.0 Å². The maximum absolute atomic E-state index is 12.7. The van der Waals surface area contributed by atoms with Crippen molar-refractivity contribution in [3.63, 3.8) is 0 Å². The topological polar surface area (TPSA) is 58.6 Å². The molecule has 0 atom stereocenters. The van der Waals surface area contributed by atoms with E-state index in [1.54, 1.807) is 6.07 Å². The third-order valence-corrected chi connectivity index (χ3v) is 6.39. The van der Waals surface area contributed by atoms with Crippen LogP contribution >= 0.6 is 11.8 Å². The van der Waals surface area contributed by atoms with Crippen LogP contribution in [0.5, 0.6) is 5.75 Å². The van der Waals surface area contributed by atoms with Crippen LogP contribution in [0.2, 0.25) is 0 Å². The van der Waals surface area contributed by atoms with Crippen molar-refractivity contribution in [2.45, 2.75) is 17.7 Å². The summed E-state index contributed by atoms with van der Waals surface area (Å²) in [6.07, 6.45) is 2.16. The average molecular weight is 435 g/mol. The van der Waals surface area contributed by atoms with E-state index in [0.717, 1.165) is 47.3 Å². The maximum atomic E-state index is 12.7. The zero-order valence-electron chi connectivity index (χ0n) is 17.4. The smallest absolute Gasteiger partial charge is 0.252 e. The minimum atomic E-state index is -0.154. The van der Waals surface area contributed by atoms with Gasteiger partial charge in [-0.05, 0) is 36.4 Å². The van der Waals surface area contributed by atoms with Gasteiger partial charge in [-0.2, -0.15) is 0 Å². The van der Waals surface area contributed by atoms with Gasteiger partial charge in [0.25, 0.3) is 5.91 Å². The molecule has 1 N–H and O–H groups in total. The number of hydrogen-bond acceptors (Lipinski definition) is 4. The Bertz CT molecular complexity index is 1060. The number of rotatable bonds is 8. The zero-order valence-corrected chi connectivity index (χ0v) is 18.2. The standard InChI is InChI=1S/C25H26N2O3S/c28-24(27-15-5-6-16-27)18-31-23-13-4-3-11-21(23)25(29)26-14-17-30-22-12-7-9-19-8-1-2-10-20(19)22/h1-4,7-13H,5-6,14-18H2,(H,26,29). The van der Waals surface area contributed by atoms with E-state index >= 15 is 0 Å². The monoisotopic (exact) mass is 434 g/mol. The number of thioether (sulfide) groups is 1. The van der Waals surface area contributed by atoms with Crippen molar-refractivity contribution in [3.8, 4) is 5.75 Å². The molecular weight excluding hydrogens is 408 g/mol. The highest BCUT2D eigenvalue weighted by Gasteiger charge is 2.19. The molecule has 0 aromatic heterocycles. The van der Waals surface area contributed by atoms with E-state index in [9.17, 15) is 9.59 Å². The number of carbonyl (C=O) groups is 2. The lowest BCUT2D eigenvalue weighted by atomic mass is 10.1. The summed E-state index contributed by atoms with van der Waals surface area (Å²) in [6.45, 7) is 2.47. The van der Waals surface area contributed by atoms with Crippen LogP contribution in [-0.2, 0) is 4.79 Å². The molecule has 1 aliphatic rings. The van der Waals surface area contributed by atoms with Crippen molar-refractivity contribution in [1.82, 2.24) is 10.2 Å². The molecular formula is C25H26N2O3S. The van der Waals surface area contributed by atoms with E-state index in [1.807, 2.05) is 65.6 Å². The molecule has 1 aliphatic heterocycles. The number of likely N-dealkylation sites (tertiary alicyclic amines) is 1. The largest absolute Gasteiger partial charge is 0.491 e. The fourth-order valence-corrected chi connectivity index (χ4v) is 4.67. The van der Waals surface area contributed by atoms with Gasteiger partial charge in [0, 0.05) is 23.4 Å². The number of carbonyl (C=O) groups excluding carboxylic acids is 2. The molecule has 0 unspecified atom stereocenters. The first-order valence-electron chi connectivity index (χ1n) is 10.6. The predicted molar refractivity (Wildman–Crippen MR) is 125 cm³/mol. The Kier molecular flexibility index (Phi) is 7.10. The van der Waals surface area contributed by atoms with Crippen molar-refractivity contribution in [1.29, 1.82) is 0 Å². The number of fused-ring (bicyclic) bond motifs is 1. The highest BCUT2D eigenvalue weighted by molar-refractivity contribution is 8.00. The fourth-order valence-electron chi connectivity index (χ4n) is 3.72. The predicted octanol–water partition coefficient (Wildman–Crippen LogP) is 4.36. The molecule has 0 aliphatic carbocycles. The van der Waals surface area contributed by atoms with Crippen LogP contribution in [-0.4, -0.2) is 48.7 Å². The van der Waals surface area contributed by atoms with Crippen LogP contribution in [0.15, 0.2) is 71.6 Å².